The summed E-state index contributed by atoms with van der Waals surface area (Å²) in [5, 5.41) is 14.6. The van der Waals surface area contributed by atoms with Crippen molar-refractivity contribution < 1.29 is 0 Å². The van der Waals surface area contributed by atoms with E-state index in [1.165, 1.54) is 72.3 Å². The second-order valence-electron chi connectivity index (χ2n) is 16.1. The summed E-state index contributed by atoms with van der Waals surface area (Å²) in [7, 11) is 0. The molecule has 0 radical (unpaired) electrons. The van der Waals surface area contributed by atoms with Crippen LogP contribution in [0.3, 0.4) is 0 Å². The largest absolute Gasteiger partial charge is 0.356 e. The Bertz CT molecular complexity index is 2850. The van der Waals surface area contributed by atoms with Gasteiger partial charge in [-0.05, 0) is 204 Å². The number of benzene rings is 8. The normalized spacial score (nSPS) is 12.0. The maximum absolute atomic E-state index is 3.72. The van der Waals surface area contributed by atoms with Crippen molar-refractivity contribution in [1.82, 2.24) is 0 Å². The van der Waals surface area contributed by atoms with Gasteiger partial charge in [0.1, 0.15) is 0 Å². The lowest BCUT2D eigenvalue weighted by Crippen LogP contribution is -1.98. The summed E-state index contributed by atoms with van der Waals surface area (Å²) < 4.78 is 0. The Labute approximate surface area is 341 Å². The fourth-order valence-corrected chi connectivity index (χ4v) is 8.68. The lowest BCUT2D eigenvalue weighted by atomic mass is 9.99. The van der Waals surface area contributed by atoms with Gasteiger partial charge in [0, 0.05) is 45.5 Å². The molecular formula is C54H46N4. The SMILES string of the molecule is Cc1ccc(Nc2ccc3c(c2)Cc2cc(Nc4ccc(C)c(Cc5cccc(Nc6ccc7c(c6)Cc6cc(Nc8cccc(C)c8)ccc6-7)c5)c4)ccc2-3)cc1. The maximum Gasteiger partial charge on any atom is 0.0387 e. The predicted molar refractivity (Wildman–Crippen MR) is 245 cm³/mol. The molecule has 0 saturated heterocycles. The van der Waals surface area contributed by atoms with Crippen LogP contribution >= 0.6 is 0 Å². The van der Waals surface area contributed by atoms with Crippen molar-refractivity contribution in [3.05, 3.63) is 214 Å². The van der Waals surface area contributed by atoms with Gasteiger partial charge in [0.15, 0.2) is 0 Å². The minimum Gasteiger partial charge on any atom is -0.356 e. The highest BCUT2D eigenvalue weighted by Crippen LogP contribution is 2.41. The van der Waals surface area contributed by atoms with E-state index >= 15 is 0 Å². The smallest absolute Gasteiger partial charge is 0.0387 e. The van der Waals surface area contributed by atoms with Crippen LogP contribution in [-0.2, 0) is 19.3 Å². The molecule has 4 N–H and O–H groups in total. The number of anilines is 8. The van der Waals surface area contributed by atoms with Gasteiger partial charge in [-0.25, -0.2) is 0 Å². The first-order valence-corrected chi connectivity index (χ1v) is 20.3. The molecule has 0 unspecified atom stereocenters. The van der Waals surface area contributed by atoms with Gasteiger partial charge in [0.25, 0.3) is 0 Å². The van der Waals surface area contributed by atoms with Gasteiger partial charge < -0.3 is 21.3 Å². The lowest BCUT2D eigenvalue weighted by Gasteiger charge is -2.14. The molecule has 0 amide bonds. The number of fused-ring (bicyclic) bond motifs is 6. The van der Waals surface area contributed by atoms with Crippen LogP contribution in [0.25, 0.3) is 22.3 Å². The van der Waals surface area contributed by atoms with E-state index in [1.807, 2.05) is 0 Å². The topological polar surface area (TPSA) is 48.1 Å². The molecule has 8 aromatic rings. The van der Waals surface area contributed by atoms with Gasteiger partial charge >= 0.3 is 0 Å². The average Bonchev–Trinajstić information content (AvgIpc) is 3.76. The van der Waals surface area contributed by atoms with Crippen molar-refractivity contribution in [3.63, 3.8) is 0 Å². The molecule has 10 rings (SSSR count). The standard InChI is InChI=1S/C54H46N4/c1-34-10-13-43(14-11-34)55-47-16-20-51-39(30-47)27-42-33-50(19-23-54(42)51)58-46-15-12-36(3)38(29-46)25-37-7-5-9-45(26-37)57-49-18-22-53-41(32-49)28-40-31-48(17-21-52(40)53)56-44-8-4-6-35(2)24-44/h4-24,26,29-33,55-58H,25,27-28H2,1-3H3. The molecular weight excluding hydrogens is 705 g/mol. The van der Waals surface area contributed by atoms with Gasteiger partial charge in [-0.1, -0.05) is 72.3 Å². The molecule has 0 aliphatic heterocycles. The van der Waals surface area contributed by atoms with E-state index < -0.39 is 0 Å². The molecule has 4 nitrogen and oxygen atoms in total. The van der Waals surface area contributed by atoms with E-state index in [-0.39, 0.29) is 0 Å². The summed E-state index contributed by atoms with van der Waals surface area (Å²) in [6.07, 6.45) is 2.72. The summed E-state index contributed by atoms with van der Waals surface area (Å²) in [5.74, 6) is 0. The van der Waals surface area contributed by atoms with Gasteiger partial charge in [0.05, 0.1) is 0 Å². The minimum absolute atomic E-state index is 0.855. The van der Waals surface area contributed by atoms with Crippen LogP contribution in [0.5, 0.6) is 0 Å². The summed E-state index contributed by atoms with van der Waals surface area (Å²) in [5.41, 5.74) is 26.0. The number of rotatable bonds is 10. The van der Waals surface area contributed by atoms with Gasteiger partial charge in [-0.3, -0.25) is 0 Å². The predicted octanol–water partition coefficient (Wildman–Crippen LogP) is 14.3. The van der Waals surface area contributed by atoms with Crippen LogP contribution in [0.4, 0.5) is 45.5 Å². The van der Waals surface area contributed by atoms with Crippen LogP contribution < -0.4 is 21.3 Å². The average molecular weight is 751 g/mol. The quantitative estimate of drug-likeness (QED) is 0.112. The molecule has 0 spiro atoms. The minimum atomic E-state index is 0.855. The number of nitrogens with one attached hydrogen (secondary N) is 4. The zero-order chi connectivity index (χ0) is 39.2. The molecule has 4 heteroatoms. The summed E-state index contributed by atoms with van der Waals surface area (Å²) >= 11 is 0. The third-order valence-electron chi connectivity index (χ3n) is 11.7. The van der Waals surface area contributed by atoms with Crippen molar-refractivity contribution in [1.29, 1.82) is 0 Å². The van der Waals surface area contributed by atoms with Crippen molar-refractivity contribution in [3.8, 4) is 22.3 Å². The van der Waals surface area contributed by atoms with Crippen molar-refractivity contribution in [2.45, 2.75) is 40.0 Å². The van der Waals surface area contributed by atoms with Crippen molar-refractivity contribution >= 4 is 45.5 Å². The number of hydrogen-bond acceptors (Lipinski definition) is 4. The van der Waals surface area contributed by atoms with E-state index in [0.717, 1.165) is 64.8 Å². The molecule has 2 aliphatic carbocycles. The summed E-state index contributed by atoms with van der Waals surface area (Å²) in [4.78, 5) is 0. The second-order valence-corrected chi connectivity index (χ2v) is 16.1. The molecule has 2 aliphatic rings. The Balaban J connectivity index is 0.795. The Hall–Kier alpha value is -7.04. The van der Waals surface area contributed by atoms with Gasteiger partial charge in [0.2, 0.25) is 0 Å². The first-order chi connectivity index (χ1) is 28.3. The summed E-state index contributed by atoms with van der Waals surface area (Å²) in [6.45, 7) is 6.45. The fourth-order valence-electron chi connectivity index (χ4n) is 8.68. The molecule has 58 heavy (non-hydrogen) atoms. The zero-order valence-electron chi connectivity index (χ0n) is 33.2. The van der Waals surface area contributed by atoms with Crippen LogP contribution in [0.1, 0.15) is 50.1 Å². The molecule has 0 aromatic heterocycles. The second kappa shape index (κ2) is 14.8. The van der Waals surface area contributed by atoms with Crippen LogP contribution in [0.2, 0.25) is 0 Å². The fraction of sp³-hybridized carbons (Fsp3) is 0.111. The molecule has 8 aromatic carbocycles. The monoisotopic (exact) mass is 750 g/mol. The molecule has 0 bridgehead atoms. The molecule has 0 atom stereocenters. The van der Waals surface area contributed by atoms with E-state index in [0.29, 0.717) is 0 Å². The van der Waals surface area contributed by atoms with E-state index in [2.05, 4.69) is 206 Å². The Morgan fingerprint density at radius 3 is 1.28 bits per heavy atom. The third-order valence-corrected chi connectivity index (χ3v) is 11.7. The number of hydrogen-bond donors (Lipinski definition) is 4. The first-order valence-electron chi connectivity index (χ1n) is 20.3. The van der Waals surface area contributed by atoms with E-state index in [1.54, 1.807) is 0 Å². The van der Waals surface area contributed by atoms with Crippen LogP contribution in [-0.4, -0.2) is 0 Å². The lowest BCUT2D eigenvalue weighted by molar-refractivity contribution is 1.16. The van der Waals surface area contributed by atoms with Crippen LogP contribution in [0, 0.1) is 20.8 Å². The highest BCUT2D eigenvalue weighted by molar-refractivity contribution is 5.83. The Kier molecular flexibility index (Phi) is 9.03. The molecule has 0 fully saturated rings. The zero-order valence-corrected chi connectivity index (χ0v) is 33.2. The highest BCUT2D eigenvalue weighted by atomic mass is 14.9. The highest BCUT2D eigenvalue weighted by Gasteiger charge is 2.21. The van der Waals surface area contributed by atoms with Crippen molar-refractivity contribution in [2.75, 3.05) is 21.3 Å². The van der Waals surface area contributed by atoms with Crippen molar-refractivity contribution in [2.24, 2.45) is 0 Å². The summed E-state index contributed by atoms with van der Waals surface area (Å²) in [6, 6.07) is 59.7. The van der Waals surface area contributed by atoms with Gasteiger partial charge in [-0.2, -0.15) is 0 Å². The maximum atomic E-state index is 3.72. The molecule has 0 heterocycles. The van der Waals surface area contributed by atoms with E-state index in [9.17, 15) is 0 Å². The first kappa shape index (κ1) is 35.4. The number of aryl methyl sites for hydroxylation is 3. The van der Waals surface area contributed by atoms with Gasteiger partial charge in [-0.15, -0.1) is 0 Å². The van der Waals surface area contributed by atoms with Crippen LogP contribution in [0.15, 0.2) is 164 Å². The Morgan fingerprint density at radius 2 is 0.759 bits per heavy atom. The molecule has 282 valence electrons. The Morgan fingerprint density at radius 1 is 0.345 bits per heavy atom. The molecule has 0 saturated carbocycles. The van der Waals surface area contributed by atoms with E-state index in [4.69, 9.17) is 0 Å². The third kappa shape index (κ3) is 7.33.